The first kappa shape index (κ1) is 14.8. The second-order valence-electron chi connectivity index (χ2n) is 3.42. The molecule has 94 valence electrons. The SMILES string of the molecule is CNC(=O)CNC(=O)C(N)CCS(C)(=O)=O. The fourth-order valence-electron chi connectivity index (χ4n) is 0.859. The molecule has 0 bridgehead atoms. The molecule has 0 aromatic rings. The highest BCUT2D eigenvalue weighted by Crippen LogP contribution is 1.93. The van der Waals surface area contributed by atoms with Crippen molar-refractivity contribution in [2.24, 2.45) is 5.73 Å². The van der Waals surface area contributed by atoms with E-state index in [0.29, 0.717) is 0 Å². The Hall–Kier alpha value is -1.15. The fourth-order valence-corrected chi connectivity index (χ4v) is 1.54. The first-order valence-corrected chi connectivity index (χ1v) is 6.74. The molecule has 0 spiro atoms. The number of amides is 2. The van der Waals surface area contributed by atoms with Crippen LogP contribution in [-0.2, 0) is 19.4 Å². The zero-order valence-electron chi connectivity index (χ0n) is 9.32. The molecule has 0 aliphatic heterocycles. The highest BCUT2D eigenvalue weighted by Gasteiger charge is 2.16. The minimum atomic E-state index is -3.13. The van der Waals surface area contributed by atoms with E-state index in [-0.39, 0.29) is 24.6 Å². The first-order chi connectivity index (χ1) is 7.26. The summed E-state index contributed by atoms with van der Waals surface area (Å²) in [4.78, 5) is 22.1. The molecular formula is C8H17N3O4S. The van der Waals surface area contributed by atoms with Crippen LogP contribution in [0, 0.1) is 0 Å². The maximum atomic E-state index is 11.3. The molecular weight excluding hydrogens is 234 g/mol. The van der Waals surface area contributed by atoms with Crippen molar-refractivity contribution in [2.75, 3.05) is 25.6 Å². The summed E-state index contributed by atoms with van der Waals surface area (Å²) in [7, 11) is -1.69. The minimum absolute atomic E-state index is 0.0401. The number of hydrogen-bond donors (Lipinski definition) is 3. The Bertz CT molecular complexity index is 352. The van der Waals surface area contributed by atoms with Gasteiger partial charge in [0, 0.05) is 13.3 Å². The molecule has 0 aromatic carbocycles. The van der Waals surface area contributed by atoms with Crippen LogP contribution in [-0.4, -0.2) is 51.9 Å². The zero-order chi connectivity index (χ0) is 12.8. The van der Waals surface area contributed by atoms with E-state index in [4.69, 9.17) is 5.73 Å². The van der Waals surface area contributed by atoms with Gasteiger partial charge in [-0.25, -0.2) is 8.42 Å². The van der Waals surface area contributed by atoms with Gasteiger partial charge in [0.2, 0.25) is 11.8 Å². The van der Waals surface area contributed by atoms with Crippen molar-refractivity contribution in [2.45, 2.75) is 12.5 Å². The molecule has 0 aromatic heterocycles. The lowest BCUT2D eigenvalue weighted by Gasteiger charge is -2.10. The molecule has 4 N–H and O–H groups in total. The largest absolute Gasteiger partial charge is 0.358 e. The summed E-state index contributed by atoms with van der Waals surface area (Å²) in [5.74, 6) is -1.03. The predicted octanol–water partition coefficient (Wildman–Crippen LogP) is -2.39. The number of carbonyl (C=O) groups is 2. The molecule has 0 heterocycles. The topological polar surface area (TPSA) is 118 Å². The van der Waals surface area contributed by atoms with Crippen molar-refractivity contribution < 1.29 is 18.0 Å². The van der Waals surface area contributed by atoms with Gasteiger partial charge in [-0.15, -0.1) is 0 Å². The van der Waals surface area contributed by atoms with E-state index in [2.05, 4.69) is 10.6 Å². The predicted molar refractivity (Wildman–Crippen MR) is 59.4 cm³/mol. The van der Waals surface area contributed by atoms with Crippen LogP contribution in [0.4, 0.5) is 0 Å². The summed E-state index contributed by atoms with van der Waals surface area (Å²) in [6.07, 6.45) is 1.11. The third-order valence-electron chi connectivity index (χ3n) is 1.84. The molecule has 8 heteroatoms. The van der Waals surface area contributed by atoms with Gasteiger partial charge in [-0.2, -0.15) is 0 Å². The number of nitrogens with one attached hydrogen (secondary N) is 2. The van der Waals surface area contributed by atoms with Gasteiger partial charge in [-0.1, -0.05) is 0 Å². The molecule has 0 aliphatic rings. The summed E-state index contributed by atoms with van der Waals surface area (Å²) >= 11 is 0. The van der Waals surface area contributed by atoms with Gasteiger partial charge in [0.1, 0.15) is 9.84 Å². The van der Waals surface area contributed by atoms with E-state index in [1.807, 2.05) is 0 Å². The molecule has 0 saturated carbocycles. The van der Waals surface area contributed by atoms with Crippen LogP contribution in [0.3, 0.4) is 0 Å². The molecule has 1 unspecified atom stereocenters. The number of hydrogen-bond acceptors (Lipinski definition) is 5. The highest BCUT2D eigenvalue weighted by atomic mass is 32.2. The minimum Gasteiger partial charge on any atom is -0.358 e. The zero-order valence-corrected chi connectivity index (χ0v) is 10.1. The molecule has 16 heavy (non-hydrogen) atoms. The van der Waals surface area contributed by atoms with Gasteiger partial charge in [-0.3, -0.25) is 9.59 Å². The quantitative estimate of drug-likeness (QED) is 0.487. The summed E-state index contributed by atoms with van der Waals surface area (Å²) in [5.41, 5.74) is 5.44. The van der Waals surface area contributed by atoms with E-state index < -0.39 is 21.8 Å². The van der Waals surface area contributed by atoms with Gasteiger partial charge in [0.05, 0.1) is 18.3 Å². The Morgan fingerprint density at radius 1 is 1.38 bits per heavy atom. The van der Waals surface area contributed by atoms with Crippen LogP contribution in [0.2, 0.25) is 0 Å². The van der Waals surface area contributed by atoms with E-state index in [1.54, 1.807) is 0 Å². The summed E-state index contributed by atoms with van der Waals surface area (Å²) in [5, 5.41) is 4.62. The molecule has 0 radical (unpaired) electrons. The molecule has 0 saturated heterocycles. The van der Waals surface area contributed by atoms with Crippen molar-refractivity contribution in [3.63, 3.8) is 0 Å². The highest BCUT2D eigenvalue weighted by molar-refractivity contribution is 7.90. The lowest BCUT2D eigenvalue weighted by molar-refractivity contribution is -0.126. The van der Waals surface area contributed by atoms with Gasteiger partial charge < -0.3 is 16.4 Å². The van der Waals surface area contributed by atoms with E-state index >= 15 is 0 Å². The van der Waals surface area contributed by atoms with Crippen LogP contribution in [0.1, 0.15) is 6.42 Å². The van der Waals surface area contributed by atoms with Gasteiger partial charge in [0.25, 0.3) is 0 Å². The van der Waals surface area contributed by atoms with Crippen LogP contribution in [0.25, 0.3) is 0 Å². The van der Waals surface area contributed by atoms with Crippen molar-refractivity contribution in [1.82, 2.24) is 10.6 Å². The van der Waals surface area contributed by atoms with Gasteiger partial charge in [-0.05, 0) is 6.42 Å². The van der Waals surface area contributed by atoms with E-state index in [9.17, 15) is 18.0 Å². The van der Waals surface area contributed by atoms with Crippen molar-refractivity contribution in [3.8, 4) is 0 Å². The Morgan fingerprint density at radius 3 is 2.38 bits per heavy atom. The third kappa shape index (κ3) is 7.18. The Balaban J connectivity index is 3.96. The van der Waals surface area contributed by atoms with E-state index in [0.717, 1.165) is 6.26 Å². The number of nitrogens with two attached hydrogens (primary N) is 1. The van der Waals surface area contributed by atoms with Gasteiger partial charge >= 0.3 is 0 Å². The Kier molecular flexibility index (Phi) is 5.97. The molecule has 0 fully saturated rings. The summed E-state index contributed by atoms with van der Waals surface area (Å²) < 4.78 is 21.6. The third-order valence-corrected chi connectivity index (χ3v) is 2.82. The Morgan fingerprint density at radius 2 is 1.94 bits per heavy atom. The van der Waals surface area contributed by atoms with E-state index in [1.165, 1.54) is 7.05 Å². The Labute approximate surface area is 94.7 Å². The molecule has 2 amide bonds. The average Bonchev–Trinajstić information content (AvgIpc) is 2.20. The standard InChI is InChI=1S/C8H17N3O4S/c1-10-7(12)5-11-8(13)6(9)3-4-16(2,14)15/h6H,3-5,9H2,1-2H3,(H,10,12)(H,11,13). The molecule has 7 nitrogen and oxygen atoms in total. The maximum absolute atomic E-state index is 11.3. The molecule has 1 atom stereocenters. The molecule has 0 aliphatic carbocycles. The number of likely N-dealkylation sites (N-methyl/N-ethyl adjacent to an activating group) is 1. The maximum Gasteiger partial charge on any atom is 0.239 e. The average molecular weight is 251 g/mol. The fraction of sp³-hybridized carbons (Fsp3) is 0.750. The van der Waals surface area contributed by atoms with Gasteiger partial charge in [0.15, 0.2) is 0 Å². The second kappa shape index (κ2) is 6.44. The number of sulfone groups is 1. The number of carbonyl (C=O) groups excluding carboxylic acids is 2. The number of rotatable bonds is 6. The van der Waals surface area contributed by atoms with Crippen LogP contribution < -0.4 is 16.4 Å². The van der Waals surface area contributed by atoms with Crippen LogP contribution in [0.5, 0.6) is 0 Å². The van der Waals surface area contributed by atoms with Crippen LogP contribution in [0.15, 0.2) is 0 Å². The smallest absolute Gasteiger partial charge is 0.239 e. The summed E-state index contributed by atoms with van der Waals surface area (Å²) in [6.45, 7) is -0.165. The van der Waals surface area contributed by atoms with Crippen molar-refractivity contribution in [1.29, 1.82) is 0 Å². The van der Waals surface area contributed by atoms with Crippen molar-refractivity contribution >= 4 is 21.7 Å². The second-order valence-corrected chi connectivity index (χ2v) is 5.68. The lowest BCUT2D eigenvalue weighted by atomic mass is 10.2. The monoisotopic (exact) mass is 251 g/mol. The lowest BCUT2D eigenvalue weighted by Crippen LogP contribution is -2.45. The van der Waals surface area contributed by atoms with Crippen LogP contribution >= 0.6 is 0 Å². The summed E-state index contributed by atoms with van der Waals surface area (Å²) in [6, 6.07) is -0.917. The first-order valence-electron chi connectivity index (χ1n) is 4.68. The normalized spacial score (nSPS) is 12.9. The van der Waals surface area contributed by atoms with Crippen molar-refractivity contribution in [3.05, 3.63) is 0 Å². The molecule has 0 rings (SSSR count).